The Balaban J connectivity index is 2.84. The van der Waals surface area contributed by atoms with Crippen molar-refractivity contribution in [2.24, 2.45) is 0 Å². The lowest BCUT2D eigenvalue weighted by Gasteiger charge is -2.09. The van der Waals surface area contributed by atoms with Gasteiger partial charge in [-0.3, -0.25) is 4.79 Å². The normalized spacial score (nSPS) is 12.2. The second-order valence-electron chi connectivity index (χ2n) is 3.16. The van der Waals surface area contributed by atoms with E-state index < -0.39 is 0 Å². The average molecular weight is 176 g/mol. The van der Waals surface area contributed by atoms with Crippen molar-refractivity contribution >= 4 is 12.1 Å². The fraction of sp³-hybridized carbons (Fsp3) is 0.364. The summed E-state index contributed by atoms with van der Waals surface area (Å²) in [7, 11) is 0. The van der Waals surface area contributed by atoms with E-state index in [1.54, 1.807) is 6.41 Å². The van der Waals surface area contributed by atoms with E-state index in [0.717, 1.165) is 12.1 Å². The first-order valence-corrected chi connectivity index (χ1v) is 4.51. The molecule has 2 nitrogen and oxygen atoms in total. The van der Waals surface area contributed by atoms with Crippen LogP contribution in [0.3, 0.4) is 0 Å². The first-order valence-electron chi connectivity index (χ1n) is 4.51. The lowest BCUT2D eigenvalue weighted by Crippen LogP contribution is -1.96. The molecule has 0 saturated carbocycles. The average Bonchev–Trinajstić information content (AvgIpc) is 2.18. The number of hydrogen-bond acceptors (Lipinski definition) is 1. The minimum absolute atomic E-state index is 0.536. The molecule has 1 amide bonds. The molecule has 0 spiro atoms. The lowest BCUT2D eigenvalue weighted by molar-refractivity contribution is 0.561. The van der Waals surface area contributed by atoms with Gasteiger partial charge in [-0.1, -0.05) is 26.0 Å². The van der Waals surface area contributed by atoms with E-state index in [1.165, 1.54) is 5.56 Å². The number of anilines is 1. The van der Waals surface area contributed by atoms with Crippen molar-refractivity contribution in [1.82, 2.24) is 0 Å². The van der Waals surface area contributed by atoms with E-state index in [4.69, 9.17) is 0 Å². The maximum absolute atomic E-state index is 10.1. The third-order valence-corrected chi connectivity index (χ3v) is 2.26. The highest BCUT2D eigenvalue weighted by Crippen LogP contribution is 2.21. The first-order chi connectivity index (χ1) is 6.27. The Morgan fingerprint density at radius 3 is 2.92 bits per heavy atom. The van der Waals surface area contributed by atoms with Gasteiger partial charge < -0.3 is 5.32 Å². The van der Waals surface area contributed by atoms with E-state index in [0.29, 0.717) is 5.92 Å². The summed E-state index contributed by atoms with van der Waals surface area (Å²) >= 11 is 0. The molecule has 0 aromatic heterocycles. The van der Waals surface area contributed by atoms with Gasteiger partial charge in [0.1, 0.15) is 0 Å². The van der Waals surface area contributed by atoms with Gasteiger partial charge in [0.25, 0.3) is 0 Å². The van der Waals surface area contributed by atoms with Gasteiger partial charge in [-0.15, -0.1) is 0 Å². The van der Waals surface area contributed by atoms with E-state index in [-0.39, 0.29) is 0 Å². The second kappa shape index (κ2) is 4.65. The van der Waals surface area contributed by atoms with Crippen LogP contribution < -0.4 is 5.32 Å². The zero-order valence-corrected chi connectivity index (χ0v) is 8.00. The Labute approximate surface area is 79.0 Å². The predicted molar refractivity (Wildman–Crippen MR) is 54.5 cm³/mol. The van der Waals surface area contributed by atoms with Crippen LogP contribution in [0.15, 0.2) is 24.3 Å². The van der Waals surface area contributed by atoms with Crippen molar-refractivity contribution in [1.29, 1.82) is 0 Å². The molecular weight excluding hydrogens is 162 g/mol. The standard InChI is InChI=1S/C11H14NO/c1-3-9(2)10-5-4-6-11(7-10)12-8-13/h4-7,9H,3H2,1-2H3,(H,12,13). The number of rotatable bonds is 4. The maximum Gasteiger partial charge on any atom is 0.314 e. The molecule has 13 heavy (non-hydrogen) atoms. The number of benzene rings is 1. The van der Waals surface area contributed by atoms with Crippen LogP contribution in [0.25, 0.3) is 0 Å². The van der Waals surface area contributed by atoms with Crippen molar-refractivity contribution in [2.75, 3.05) is 5.32 Å². The monoisotopic (exact) mass is 176 g/mol. The molecule has 0 fully saturated rings. The molecule has 1 rings (SSSR count). The predicted octanol–water partition coefficient (Wildman–Crippen LogP) is 2.68. The fourth-order valence-electron chi connectivity index (χ4n) is 1.22. The summed E-state index contributed by atoms with van der Waals surface area (Å²) in [6, 6.07) is 7.86. The molecule has 1 atom stereocenters. The van der Waals surface area contributed by atoms with Crippen LogP contribution in [0.1, 0.15) is 31.7 Å². The van der Waals surface area contributed by atoms with Crippen molar-refractivity contribution in [3.05, 3.63) is 29.8 Å². The Hall–Kier alpha value is -1.31. The topological polar surface area (TPSA) is 29.1 Å². The molecule has 1 unspecified atom stereocenters. The first kappa shape index (κ1) is 9.78. The van der Waals surface area contributed by atoms with Crippen LogP contribution in [-0.2, 0) is 4.79 Å². The molecule has 1 N–H and O–H groups in total. The van der Waals surface area contributed by atoms with Crippen LogP contribution in [0, 0.1) is 0 Å². The zero-order valence-electron chi connectivity index (χ0n) is 8.00. The van der Waals surface area contributed by atoms with Gasteiger partial charge >= 0.3 is 6.41 Å². The molecule has 0 heterocycles. The largest absolute Gasteiger partial charge is 0.318 e. The summed E-state index contributed by atoms with van der Waals surface area (Å²) in [5.41, 5.74) is 2.07. The highest BCUT2D eigenvalue weighted by Gasteiger charge is 2.02. The van der Waals surface area contributed by atoms with Crippen molar-refractivity contribution in [3.63, 3.8) is 0 Å². The molecule has 0 bridgehead atoms. The number of hydrogen-bond donors (Lipinski definition) is 1. The summed E-state index contributed by atoms with van der Waals surface area (Å²) < 4.78 is 0. The van der Waals surface area contributed by atoms with Crippen LogP contribution in [0.2, 0.25) is 0 Å². The Kier molecular flexibility index (Phi) is 3.50. The van der Waals surface area contributed by atoms with E-state index >= 15 is 0 Å². The van der Waals surface area contributed by atoms with Crippen molar-refractivity contribution in [2.45, 2.75) is 26.2 Å². The molecule has 2 heteroatoms. The quantitative estimate of drug-likeness (QED) is 0.702. The highest BCUT2D eigenvalue weighted by atomic mass is 16.1. The summed E-state index contributed by atoms with van der Waals surface area (Å²) in [5, 5.41) is 2.52. The Morgan fingerprint density at radius 1 is 1.54 bits per heavy atom. The molecule has 1 aromatic carbocycles. The van der Waals surface area contributed by atoms with Crippen LogP contribution in [-0.4, -0.2) is 6.41 Å². The van der Waals surface area contributed by atoms with Gasteiger partial charge in [-0.05, 0) is 30.0 Å². The smallest absolute Gasteiger partial charge is 0.314 e. The van der Waals surface area contributed by atoms with Crippen LogP contribution >= 0.6 is 0 Å². The minimum atomic E-state index is 0.536. The van der Waals surface area contributed by atoms with Crippen molar-refractivity contribution < 1.29 is 4.79 Å². The molecule has 69 valence electrons. The van der Waals surface area contributed by atoms with Gasteiger partial charge in [-0.25, -0.2) is 0 Å². The third kappa shape index (κ3) is 2.58. The zero-order chi connectivity index (χ0) is 9.68. The Bertz CT molecular complexity index is 283. The number of amides is 1. The number of nitrogens with one attached hydrogen (secondary N) is 1. The van der Waals surface area contributed by atoms with E-state index in [9.17, 15) is 4.79 Å². The summed E-state index contributed by atoms with van der Waals surface area (Å²) in [6.45, 7) is 4.32. The molecular formula is C11H14NO. The van der Waals surface area contributed by atoms with Crippen LogP contribution in [0.5, 0.6) is 0 Å². The van der Waals surface area contributed by atoms with Gasteiger partial charge in [0.05, 0.1) is 0 Å². The third-order valence-electron chi connectivity index (χ3n) is 2.26. The van der Waals surface area contributed by atoms with Crippen LogP contribution in [0.4, 0.5) is 5.69 Å². The SMILES string of the molecule is CCC(C)c1cccc(N[C]=O)c1. The second-order valence-corrected chi connectivity index (χ2v) is 3.16. The molecule has 0 aliphatic rings. The summed E-state index contributed by atoms with van der Waals surface area (Å²) in [4.78, 5) is 10.1. The molecule has 0 aliphatic carbocycles. The van der Waals surface area contributed by atoms with E-state index in [1.807, 2.05) is 18.2 Å². The van der Waals surface area contributed by atoms with Gasteiger partial charge in [0.15, 0.2) is 0 Å². The Morgan fingerprint density at radius 2 is 2.31 bits per heavy atom. The molecule has 1 aromatic rings. The summed E-state index contributed by atoms with van der Waals surface area (Å²) in [5.74, 6) is 0.536. The van der Waals surface area contributed by atoms with E-state index in [2.05, 4.69) is 25.2 Å². The maximum atomic E-state index is 10.1. The van der Waals surface area contributed by atoms with Gasteiger partial charge in [0, 0.05) is 5.69 Å². The molecule has 0 saturated heterocycles. The van der Waals surface area contributed by atoms with Gasteiger partial charge in [-0.2, -0.15) is 0 Å². The van der Waals surface area contributed by atoms with Gasteiger partial charge in [0.2, 0.25) is 0 Å². The number of carbonyl (C=O) groups excluding carboxylic acids is 1. The summed E-state index contributed by atoms with van der Waals surface area (Å²) in [6.07, 6.45) is 2.77. The highest BCUT2D eigenvalue weighted by molar-refractivity contribution is 5.71. The fourth-order valence-corrected chi connectivity index (χ4v) is 1.22. The molecule has 0 aliphatic heterocycles. The lowest BCUT2D eigenvalue weighted by atomic mass is 9.98. The minimum Gasteiger partial charge on any atom is -0.318 e. The van der Waals surface area contributed by atoms with Crippen molar-refractivity contribution in [3.8, 4) is 0 Å². The molecule has 1 radical (unpaired) electrons.